The van der Waals surface area contributed by atoms with E-state index in [1.807, 2.05) is 51.1 Å². The predicted molar refractivity (Wildman–Crippen MR) is 108 cm³/mol. The second kappa shape index (κ2) is 8.23. The van der Waals surface area contributed by atoms with E-state index in [1.54, 1.807) is 17.9 Å². The smallest absolute Gasteiger partial charge is 0.254 e. The summed E-state index contributed by atoms with van der Waals surface area (Å²) in [6.45, 7) is 7.99. The molecule has 0 radical (unpaired) electrons. The average Bonchev–Trinajstić information content (AvgIpc) is 2.61. The first-order valence-electron chi connectivity index (χ1n) is 8.94. The molecule has 0 spiro atoms. The third-order valence-electron chi connectivity index (χ3n) is 4.71. The van der Waals surface area contributed by atoms with Gasteiger partial charge in [0.05, 0.1) is 4.90 Å². The average molecular weight is 389 g/mol. The number of hydrogen-bond donors (Lipinski definition) is 0. The number of amides is 1. The van der Waals surface area contributed by atoms with Crippen LogP contribution < -0.4 is 0 Å². The van der Waals surface area contributed by atoms with Crippen LogP contribution in [0.1, 0.15) is 40.9 Å². The van der Waals surface area contributed by atoms with Crippen molar-refractivity contribution in [1.82, 2.24) is 9.21 Å². The highest BCUT2D eigenvalue weighted by atomic mass is 32.2. The van der Waals surface area contributed by atoms with Crippen LogP contribution >= 0.6 is 0 Å². The zero-order valence-electron chi connectivity index (χ0n) is 16.9. The Bertz CT molecular complexity index is 920. The molecule has 0 aromatic heterocycles. The van der Waals surface area contributed by atoms with Gasteiger partial charge >= 0.3 is 0 Å². The second-order valence-electron chi connectivity index (χ2n) is 7.22. The van der Waals surface area contributed by atoms with Gasteiger partial charge in [0.25, 0.3) is 5.91 Å². The summed E-state index contributed by atoms with van der Waals surface area (Å²) >= 11 is 0. The molecule has 0 atom stereocenters. The van der Waals surface area contributed by atoms with Gasteiger partial charge in [-0.1, -0.05) is 30.3 Å². The van der Waals surface area contributed by atoms with Crippen molar-refractivity contribution in [2.24, 2.45) is 0 Å². The van der Waals surface area contributed by atoms with E-state index in [-0.39, 0.29) is 16.8 Å². The lowest BCUT2D eigenvalue weighted by Gasteiger charge is -2.28. The van der Waals surface area contributed by atoms with Gasteiger partial charge in [-0.2, -0.15) is 0 Å². The molecule has 0 aliphatic carbocycles. The molecule has 146 valence electrons. The van der Waals surface area contributed by atoms with Crippen molar-refractivity contribution < 1.29 is 13.2 Å². The minimum atomic E-state index is -3.63. The molecule has 0 aliphatic rings. The molecule has 2 aromatic rings. The fraction of sp³-hybridized carbons (Fsp3) is 0.381. The van der Waals surface area contributed by atoms with Crippen LogP contribution in [0.15, 0.2) is 47.4 Å². The van der Waals surface area contributed by atoms with Crippen molar-refractivity contribution in [2.45, 2.75) is 45.2 Å². The summed E-state index contributed by atoms with van der Waals surface area (Å²) in [7, 11) is -0.639. The van der Waals surface area contributed by atoms with Gasteiger partial charge < -0.3 is 4.90 Å². The van der Waals surface area contributed by atoms with Gasteiger partial charge in [-0.15, -0.1) is 0 Å². The summed E-state index contributed by atoms with van der Waals surface area (Å²) in [5.74, 6) is -0.174. The van der Waals surface area contributed by atoms with Gasteiger partial charge in [-0.05, 0) is 56.5 Å². The topological polar surface area (TPSA) is 57.7 Å². The number of aryl methyl sites for hydroxylation is 1. The Hall–Kier alpha value is -2.18. The lowest BCUT2D eigenvalue weighted by Crippen LogP contribution is -2.36. The largest absolute Gasteiger partial charge is 0.332 e. The molecule has 0 fully saturated rings. The van der Waals surface area contributed by atoms with Crippen molar-refractivity contribution in [1.29, 1.82) is 0 Å². The third kappa shape index (κ3) is 4.57. The quantitative estimate of drug-likeness (QED) is 0.760. The van der Waals surface area contributed by atoms with E-state index in [0.717, 1.165) is 11.1 Å². The van der Waals surface area contributed by atoms with Gasteiger partial charge in [0.2, 0.25) is 10.0 Å². The summed E-state index contributed by atoms with van der Waals surface area (Å²) in [6.07, 6.45) is 0. The van der Waals surface area contributed by atoms with Crippen LogP contribution in [0, 0.1) is 13.8 Å². The minimum Gasteiger partial charge on any atom is -0.332 e. The monoisotopic (exact) mass is 388 g/mol. The number of carbonyl (C=O) groups is 1. The van der Waals surface area contributed by atoms with Gasteiger partial charge in [-0.3, -0.25) is 4.79 Å². The van der Waals surface area contributed by atoms with Crippen molar-refractivity contribution in [3.63, 3.8) is 0 Å². The highest BCUT2D eigenvalue weighted by Gasteiger charge is 2.25. The molecule has 0 unspecified atom stereocenters. The van der Waals surface area contributed by atoms with Crippen molar-refractivity contribution in [3.05, 3.63) is 64.7 Å². The van der Waals surface area contributed by atoms with Gasteiger partial charge in [-0.25, -0.2) is 12.7 Å². The lowest BCUT2D eigenvalue weighted by molar-refractivity contribution is 0.0690. The maximum absolute atomic E-state index is 13.2. The summed E-state index contributed by atoms with van der Waals surface area (Å²) in [5, 5.41) is 0. The maximum Gasteiger partial charge on any atom is 0.254 e. The van der Waals surface area contributed by atoms with E-state index >= 15 is 0 Å². The standard InChI is InChI=1S/C21H28N2O3S/c1-15(2)23(14-18-10-8-7-9-11-18)21(24)19-12-16(3)17(4)20(13-19)27(25,26)22(5)6/h7-13,15H,14H2,1-6H3. The lowest BCUT2D eigenvalue weighted by atomic mass is 10.0. The number of rotatable bonds is 6. The van der Waals surface area contributed by atoms with Crippen LogP contribution in [0.25, 0.3) is 0 Å². The summed E-state index contributed by atoms with van der Waals surface area (Å²) in [4.78, 5) is 15.2. The Balaban J connectivity index is 2.49. The fourth-order valence-electron chi connectivity index (χ4n) is 2.85. The molecule has 0 N–H and O–H groups in total. The Kier molecular flexibility index (Phi) is 6.44. The number of benzene rings is 2. The number of sulfonamides is 1. The molecule has 2 rings (SSSR count). The zero-order chi connectivity index (χ0) is 20.4. The van der Waals surface area contributed by atoms with Crippen molar-refractivity contribution in [3.8, 4) is 0 Å². The summed E-state index contributed by atoms with van der Waals surface area (Å²) in [6, 6.07) is 13.0. The number of nitrogens with zero attached hydrogens (tertiary/aromatic N) is 2. The van der Waals surface area contributed by atoms with Crippen molar-refractivity contribution >= 4 is 15.9 Å². The van der Waals surface area contributed by atoms with E-state index in [0.29, 0.717) is 17.7 Å². The number of hydrogen-bond acceptors (Lipinski definition) is 3. The van der Waals surface area contributed by atoms with E-state index < -0.39 is 10.0 Å². The van der Waals surface area contributed by atoms with E-state index in [4.69, 9.17) is 0 Å². The molecule has 27 heavy (non-hydrogen) atoms. The van der Waals surface area contributed by atoms with Crippen LogP contribution in [-0.4, -0.2) is 43.7 Å². The Morgan fingerprint density at radius 1 is 1.04 bits per heavy atom. The SMILES string of the molecule is Cc1cc(C(=O)N(Cc2ccccc2)C(C)C)cc(S(=O)(=O)N(C)C)c1C. The molecule has 0 aliphatic heterocycles. The van der Waals surface area contributed by atoms with Crippen LogP contribution in [0.5, 0.6) is 0 Å². The Labute approximate surface area is 162 Å². The minimum absolute atomic E-state index is 0.0202. The van der Waals surface area contributed by atoms with E-state index in [9.17, 15) is 13.2 Å². The molecule has 0 saturated heterocycles. The van der Waals surface area contributed by atoms with Crippen LogP contribution in [-0.2, 0) is 16.6 Å². The molecular weight excluding hydrogens is 360 g/mol. The van der Waals surface area contributed by atoms with E-state index in [1.165, 1.54) is 24.5 Å². The second-order valence-corrected chi connectivity index (χ2v) is 9.34. The summed E-state index contributed by atoms with van der Waals surface area (Å²) in [5.41, 5.74) is 2.87. The van der Waals surface area contributed by atoms with Crippen LogP contribution in [0.2, 0.25) is 0 Å². The van der Waals surface area contributed by atoms with Crippen LogP contribution in [0.4, 0.5) is 0 Å². The number of carbonyl (C=O) groups excluding carboxylic acids is 1. The first-order chi connectivity index (χ1) is 12.6. The maximum atomic E-state index is 13.2. The van der Waals surface area contributed by atoms with Gasteiger partial charge in [0.15, 0.2) is 0 Å². The van der Waals surface area contributed by atoms with Gasteiger partial charge in [0.1, 0.15) is 0 Å². The van der Waals surface area contributed by atoms with Crippen molar-refractivity contribution in [2.75, 3.05) is 14.1 Å². The molecule has 5 nitrogen and oxygen atoms in total. The first-order valence-corrected chi connectivity index (χ1v) is 10.4. The molecule has 2 aromatic carbocycles. The molecule has 0 saturated carbocycles. The molecule has 0 heterocycles. The molecular formula is C21H28N2O3S. The Morgan fingerprint density at radius 2 is 1.63 bits per heavy atom. The Morgan fingerprint density at radius 3 is 2.15 bits per heavy atom. The predicted octanol–water partition coefficient (Wildman–Crippen LogP) is 3.60. The normalized spacial score (nSPS) is 11.9. The molecule has 6 heteroatoms. The van der Waals surface area contributed by atoms with Gasteiger partial charge in [0, 0.05) is 32.2 Å². The molecule has 0 bridgehead atoms. The fourth-order valence-corrected chi connectivity index (χ4v) is 4.07. The summed E-state index contributed by atoms with van der Waals surface area (Å²) < 4.78 is 26.5. The van der Waals surface area contributed by atoms with E-state index in [2.05, 4.69) is 0 Å². The van der Waals surface area contributed by atoms with Crippen LogP contribution in [0.3, 0.4) is 0 Å². The zero-order valence-corrected chi connectivity index (χ0v) is 17.7. The highest BCUT2D eigenvalue weighted by molar-refractivity contribution is 7.89. The third-order valence-corrected chi connectivity index (χ3v) is 6.65. The molecule has 1 amide bonds. The first kappa shape index (κ1) is 21.1. The highest BCUT2D eigenvalue weighted by Crippen LogP contribution is 2.25.